The van der Waals surface area contributed by atoms with E-state index in [1.807, 2.05) is 0 Å². The highest BCUT2D eigenvalue weighted by molar-refractivity contribution is 5.85. The molecule has 1 fully saturated rings. The topological polar surface area (TPSA) is 15.6 Å². The van der Waals surface area contributed by atoms with Crippen LogP contribution in [0.5, 0.6) is 0 Å². The van der Waals surface area contributed by atoms with Crippen molar-refractivity contribution in [2.24, 2.45) is 10.9 Å². The quantitative estimate of drug-likeness (QED) is 0.720. The molecular formula is C15H20N2. The molecule has 1 aromatic carbocycles. The monoisotopic (exact) mass is 228 g/mol. The average Bonchev–Trinajstić information content (AvgIpc) is 2.63. The van der Waals surface area contributed by atoms with Crippen LogP contribution >= 0.6 is 0 Å². The third-order valence-electron chi connectivity index (χ3n) is 4.06. The Kier molecular flexibility index (Phi) is 2.65. The van der Waals surface area contributed by atoms with Crippen molar-refractivity contribution in [3.05, 3.63) is 35.4 Å². The summed E-state index contributed by atoms with van der Waals surface area (Å²) in [5.74, 6) is 2.05. The van der Waals surface area contributed by atoms with Crippen molar-refractivity contribution in [2.75, 3.05) is 0 Å². The first-order valence-electron chi connectivity index (χ1n) is 6.62. The second kappa shape index (κ2) is 4.17. The van der Waals surface area contributed by atoms with E-state index in [1.165, 1.54) is 23.4 Å². The molecule has 0 amide bonds. The Hall–Kier alpha value is -1.31. The SMILES string of the molecule is CC(C)C1CCC2=NCc3ccccc3CN21. The van der Waals surface area contributed by atoms with Crippen molar-refractivity contribution in [1.82, 2.24) is 4.90 Å². The van der Waals surface area contributed by atoms with Gasteiger partial charge >= 0.3 is 0 Å². The van der Waals surface area contributed by atoms with Crippen LogP contribution < -0.4 is 0 Å². The van der Waals surface area contributed by atoms with E-state index in [-0.39, 0.29) is 0 Å². The first-order valence-corrected chi connectivity index (χ1v) is 6.62. The highest BCUT2D eigenvalue weighted by Crippen LogP contribution is 2.30. The lowest BCUT2D eigenvalue weighted by Crippen LogP contribution is -2.35. The van der Waals surface area contributed by atoms with Crippen molar-refractivity contribution in [2.45, 2.75) is 45.8 Å². The largest absolute Gasteiger partial charge is 0.353 e. The van der Waals surface area contributed by atoms with E-state index in [0.29, 0.717) is 12.0 Å². The normalized spacial score (nSPS) is 23.1. The van der Waals surface area contributed by atoms with E-state index in [0.717, 1.165) is 19.5 Å². The van der Waals surface area contributed by atoms with Gasteiger partial charge in [0.15, 0.2) is 0 Å². The fourth-order valence-corrected chi connectivity index (χ4v) is 3.07. The lowest BCUT2D eigenvalue weighted by atomic mass is 10.0. The summed E-state index contributed by atoms with van der Waals surface area (Å²) in [7, 11) is 0. The van der Waals surface area contributed by atoms with Crippen LogP contribution in [0.25, 0.3) is 0 Å². The Balaban J connectivity index is 1.94. The van der Waals surface area contributed by atoms with Crippen LogP contribution in [0.4, 0.5) is 0 Å². The predicted octanol–water partition coefficient (Wildman–Crippen LogP) is 3.22. The highest BCUT2D eigenvalue weighted by Gasteiger charge is 2.32. The summed E-state index contributed by atoms with van der Waals surface area (Å²) in [6.07, 6.45) is 2.44. The zero-order valence-electron chi connectivity index (χ0n) is 10.7. The number of benzene rings is 1. The average molecular weight is 228 g/mol. The molecule has 0 saturated carbocycles. The molecule has 2 nitrogen and oxygen atoms in total. The van der Waals surface area contributed by atoms with Gasteiger partial charge in [-0.25, -0.2) is 0 Å². The molecule has 17 heavy (non-hydrogen) atoms. The predicted molar refractivity (Wildman–Crippen MR) is 71.0 cm³/mol. The van der Waals surface area contributed by atoms with E-state index in [9.17, 15) is 0 Å². The van der Waals surface area contributed by atoms with E-state index in [4.69, 9.17) is 4.99 Å². The van der Waals surface area contributed by atoms with Crippen LogP contribution in [0.15, 0.2) is 29.3 Å². The number of nitrogens with zero attached hydrogens (tertiary/aromatic N) is 2. The van der Waals surface area contributed by atoms with E-state index in [2.05, 4.69) is 43.0 Å². The van der Waals surface area contributed by atoms with Gasteiger partial charge in [0.05, 0.1) is 12.4 Å². The molecule has 0 spiro atoms. The van der Waals surface area contributed by atoms with Gasteiger partial charge in [-0.3, -0.25) is 4.99 Å². The first kappa shape index (κ1) is 10.8. The number of amidine groups is 1. The van der Waals surface area contributed by atoms with Crippen LogP contribution in [0.3, 0.4) is 0 Å². The molecule has 0 aromatic heterocycles. The van der Waals surface area contributed by atoms with Crippen molar-refractivity contribution in [3.63, 3.8) is 0 Å². The molecule has 0 radical (unpaired) electrons. The number of rotatable bonds is 1. The fourth-order valence-electron chi connectivity index (χ4n) is 3.07. The van der Waals surface area contributed by atoms with Gasteiger partial charge in [-0.05, 0) is 23.5 Å². The molecule has 0 aliphatic carbocycles. The number of hydrogen-bond acceptors (Lipinski definition) is 2. The molecule has 1 aromatic rings. The van der Waals surface area contributed by atoms with E-state index < -0.39 is 0 Å². The van der Waals surface area contributed by atoms with Gasteiger partial charge in [0.25, 0.3) is 0 Å². The Bertz CT molecular complexity index is 448. The van der Waals surface area contributed by atoms with Gasteiger partial charge in [-0.1, -0.05) is 38.1 Å². The molecule has 0 N–H and O–H groups in total. The summed E-state index contributed by atoms with van der Waals surface area (Å²) >= 11 is 0. The van der Waals surface area contributed by atoms with Crippen molar-refractivity contribution >= 4 is 5.84 Å². The molecule has 90 valence electrons. The standard InChI is InChI=1S/C15H20N2/c1-11(2)14-7-8-15-16-9-12-5-3-4-6-13(12)10-17(14)15/h3-6,11,14H,7-10H2,1-2H3. The van der Waals surface area contributed by atoms with Crippen LogP contribution in [0, 0.1) is 5.92 Å². The summed E-state index contributed by atoms with van der Waals surface area (Å²) in [4.78, 5) is 7.34. The van der Waals surface area contributed by atoms with Crippen molar-refractivity contribution in [3.8, 4) is 0 Å². The first-order chi connectivity index (χ1) is 8.25. The third kappa shape index (κ3) is 1.86. The smallest absolute Gasteiger partial charge is 0.0999 e. The van der Waals surface area contributed by atoms with E-state index in [1.54, 1.807) is 0 Å². The van der Waals surface area contributed by atoms with Gasteiger partial charge < -0.3 is 4.90 Å². The highest BCUT2D eigenvalue weighted by atomic mass is 15.2. The van der Waals surface area contributed by atoms with Crippen molar-refractivity contribution in [1.29, 1.82) is 0 Å². The lowest BCUT2D eigenvalue weighted by molar-refractivity contribution is 0.263. The Morgan fingerprint density at radius 2 is 2.00 bits per heavy atom. The molecule has 1 unspecified atom stereocenters. The maximum Gasteiger partial charge on any atom is 0.0999 e. The summed E-state index contributed by atoms with van der Waals surface area (Å²) < 4.78 is 0. The minimum absolute atomic E-state index is 0.680. The Labute approximate surface area is 103 Å². The van der Waals surface area contributed by atoms with E-state index >= 15 is 0 Å². The van der Waals surface area contributed by atoms with Gasteiger partial charge in [-0.15, -0.1) is 0 Å². The van der Waals surface area contributed by atoms with Gasteiger partial charge in [0, 0.05) is 19.0 Å². The number of hydrogen-bond donors (Lipinski definition) is 0. The molecule has 1 atom stereocenters. The maximum atomic E-state index is 4.80. The molecule has 2 aliphatic heterocycles. The Morgan fingerprint density at radius 1 is 1.24 bits per heavy atom. The minimum Gasteiger partial charge on any atom is -0.353 e. The van der Waals surface area contributed by atoms with Crippen molar-refractivity contribution < 1.29 is 0 Å². The van der Waals surface area contributed by atoms with Crippen LogP contribution in [-0.4, -0.2) is 16.8 Å². The minimum atomic E-state index is 0.680. The second-order valence-corrected chi connectivity index (χ2v) is 5.48. The lowest BCUT2D eigenvalue weighted by Gasteiger charge is -2.29. The van der Waals surface area contributed by atoms with Crippen LogP contribution in [-0.2, 0) is 13.1 Å². The third-order valence-corrected chi connectivity index (χ3v) is 4.06. The van der Waals surface area contributed by atoms with Crippen LogP contribution in [0.1, 0.15) is 37.8 Å². The summed E-state index contributed by atoms with van der Waals surface area (Å²) in [5.41, 5.74) is 2.86. The fraction of sp³-hybridized carbons (Fsp3) is 0.533. The molecule has 2 heteroatoms. The summed E-state index contributed by atoms with van der Waals surface area (Å²) in [5, 5.41) is 0. The second-order valence-electron chi connectivity index (χ2n) is 5.48. The summed E-state index contributed by atoms with van der Waals surface area (Å²) in [6, 6.07) is 9.41. The maximum absolute atomic E-state index is 4.80. The number of aliphatic imine (C=N–C) groups is 1. The van der Waals surface area contributed by atoms with Crippen LogP contribution in [0.2, 0.25) is 0 Å². The van der Waals surface area contributed by atoms with Gasteiger partial charge in [-0.2, -0.15) is 0 Å². The number of fused-ring (bicyclic) bond motifs is 2. The zero-order valence-corrected chi connectivity index (χ0v) is 10.7. The molecule has 2 heterocycles. The molecule has 1 saturated heterocycles. The molecule has 3 rings (SSSR count). The Morgan fingerprint density at radius 3 is 2.76 bits per heavy atom. The molecular weight excluding hydrogens is 208 g/mol. The van der Waals surface area contributed by atoms with Gasteiger partial charge in [0.1, 0.15) is 0 Å². The zero-order chi connectivity index (χ0) is 11.8. The molecule has 0 bridgehead atoms. The van der Waals surface area contributed by atoms with Gasteiger partial charge in [0.2, 0.25) is 0 Å². The molecule has 2 aliphatic rings. The summed E-state index contributed by atoms with van der Waals surface area (Å²) in [6.45, 7) is 6.57.